The van der Waals surface area contributed by atoms with E-state index in [1.54, 1.807) is 0 Å². The number of halogens is 1. The minimum Gasteiger partial charge on any atom is -0.465 e. The Morgan fingerprint density at radius 3 is 2.48 bits per heavy atom. The minimum atomic E-state index is -3.57. The molecule has 1 aromatic rings. The summed E-state index contributed by atoms with van der Waals surface area (Å²) in [5.74, 6) is -0.510. The molecule has 1 saturated heterocycles. The van der Waals surface area contributed by atoms with Gasteiger partial charge in [-0.2, -0.15) is 0 Å². The SMILES string of the molecule is CS(=O)(=O)N(c1cccc(F)c1)C1CCN(C(=O)O)CC1. The van der Waals surface area contributed by atoms with Crippen LogP contribution in [0.4, 0.5) is 14.9 Å². The molecule has 1 aliphatic heterocycles. The maximum absolute atomic E-state index is 13.3. The van der Waals surface area contributed by atoms with Crippen molar-refractivity contribution in [3.63, 3.8) is 0 Å². The molecule has 0 spiro atoms. The van der Waals surface area contributed by atoms with E-state index in [-0.39, 0.29) is 24.8 Å². The van der Waals surface area contributed by atoms with Crippen LogP contribution in [0.2, 0.25) is 0 Å². The van der Waals surface area contributed by atoms with Crippen LogP contribution in [0, 0.1) is 5.82 Å². The first-order valence-electron chi connectivity index (χ1n) is 6.52. The maximum atomic E-state index is 13.3. The maximum Gasteiger partial charge on any atom is 0.407 e. The third-order valence-corrected chi connectivity index (χ3v) is 4.71. The van der Waals surface area contributed by atoms with E-state index in [2.05, 4.69) is 0 Å². The standard InChI is InChI=1S/C13H17FN2O4S/c1-21(19,20)16(12-4-2-3-10(14)9-12)11-5-7-15(8-6-11)13(17)18/h2-4,9,11H,5-8H2,1H3,(H,17,18). The number of hydrogen-bond donors (Lipinski definition) is 1. The molecule has 0 aliphatic carbocycles. The molecule has 2 rings (SSSR count). The zero-order valence-electron chi connectivity index (χ0n) is 11.6. The lowest BCUT2D eigenvalue weighted by Gasteiger charge is -2.37. The van der Waals surface area contributed by atoms with E-state index in [0.29, 0.717) is 12.8 Å². The van der Waals surface area contributed by atoms with Crippen LogP contribution in [0.3, 0.4) is 0 Å². The van der Waals surface area contributed by atoms with Crippen molar-refractivity contribution in [3.8, 4) is 0 Å². The molecule has 1 aromatic carbocycles. The van der Waals surface area contributed by atoms with Crippen molar-refractivity contribution >= 4 is 21.8 Å². The lowest BCUT2D eigenvalue weighted by Crippen LogP contribution is -2.48. The predicted octanol–water partition coefficient (Wildman–Crippen LogP) is 1.73. The highest BCUT2D eigenvalue weighted by Gasteiger charge is 2.31. The van der Waals surface area contributed by atoms with Crippen molar-refractivity contribution in [1.82, 2.24) is 4.90 Å². The van der Waals surface area contributed by atoms with Gasteiger partial charge in [0.2, 0.25) is 10.0 Å². The van der Waals surface area contributed by atoms with Crippen LogP contribution in [-0.4, -0.2) is 49.9 Å². The highest BCUT2D eigenvalue weighted by Crippen LogP contribution is 2.26. The molecule has 0 bridgehead atoms. The monoisotopic (exact) mass is 316 g/mol. The predicted molar refractivity (Wildman–Crippen MR) is 76.3 cm³/mol. The average Bonchev–Trinajstić information content (AvgIpc) is 2.38. The molecular formula is C13H17FN2O4S. The first-order valence-corrected chi connectivity index (χ1v) is 8.36. The molecule has 0 unspecified atom stereocenters. The largest absolute Gasteiger partial charge is 0.465 e. The molecule has 0 radical (unpaired) electrons. The van der Waals surface area contributed by atoms with Crippen LogP contribution in [0.25, 0.3) is 0 Å². The highest BCUT2D eigenvalue weighted by atomic mass is 32.2. The van der Waals surface area contributed by atoms with Gasteiger partial charge in [0.15, 0.2) is 0 Å². The van der Waals surface area contributed by atoms with Crippen LogP contribution in [0.5, 0.6) is 0 Å². The van der Waals surface area contributed by atoms with Gasteiger partial charge in [0, 0.05) is 19.1 Å². The Hall–Kier alpha value is -1.83. The van der Waals surface area contributed by atoms with Gasteiger partial charge in [0.1, 0.15) is 5.82 Å². The van der Waals surface area contributed by atoms with Crippen molar-refractivity contribution in [3.05, 3.63) is 30.1 Å². The molecule has 6 nitrogen and oxygen atoms in total. The van der Waals surface area contributed by atoms with Crippen molar-refractivity contribution in [2.45, 2.75) is 18.9 Å². The van der Waals surface area contributed by atoms with Crippen LogP contribution in [0.1, 0.15) is 12.8 Å². The van der Waals surface area contributed by atoms with Gasteiger partial charge in [-0.25, -0.2) is 17.6 Å². The number of amides is 1. The van der Waals surface area contributed by atoms with E-state index in [4.69, 9.17) is 5.11 Å². The molecule has 8 heteroatoms. The third-order valence-electron chi connectivity index (χ3n) is 3.49. The van der Waals surface area contributed by atoms with Crippen LogP contribution < -0.4 is 4.31 Å². The number of piperidine rings is 1. The summed E-state index contributed by atoms with van der Waals surface area (Å²) in [7, 11) is -3.57. The van der Waals surface area contributed by atoms with Crippen LogP contribution >= 0.6 is 0 Å². The number of likely N-dealkylation sites (tertiary alicyclic amines) is 1. The fourth-order valence-electron chi connectivity index (χ4n) is 2.58. The average molecular weight is 316 g/mol. The molecule has 1 N–H and O–H groups in total. The Bertz CT molecular complexity index is 627. The Morgan fingerprint density at radius 2 is 2.00 bits per heavy atom. The third kappa shape index (κ3) is 3.63. The summed E-state index contributed by atoms with van der Waals surface area (Å²) in [6, 6.07) is 5.04. The van der Waals surface area contributed by atoms with Crippen molar-refractivity contribution in [1.29, 1.82) is 0 Å². The topological polar surface area (TPSA) is 77.9 Å². The van der Waals surface area contributed by atoms with E-state index < -0.39 is 21.9 Å². The summed E-state index contributed by atoms with van der Waals surface area (Å²) < 4.78 is 38.6. The summed E-state index contributed by atoms with van der Waals surface area (Å²) in [5.41, 5.74) is 0.270. The number of carboxylic acid groups (broad SMARTS) is 1. The van der Waals surface area contributed by atoms with Gasteiger partial charge in [0.05, 0.1) is 11.9 Å². The van der Waals surface area contributed by atoms with E-state index in [9.17, 15) is 17.6 Å². The number of rotatable bonds is 3. The second kappa shape index (κ2) is 5.88. The first-order chi connectivity index (χ1) is 9.79. The lowest BCUT2D eigenvalue weighted by atomic mass is 10.0. The zero-order valence-corrected chi connectivity index (χ0v) is 12.4. The van der Waals surface area contributed by atoms with Crippen molar-refractivity contribution in [2.24, 2.45) is 0 Å². The van der Waals surface area contributed by atoms with Gasteiger partial charge in [-0.05, 0) is 31.0 Å². The van der Waals surface area contributed by atoms with Crippen LogP contribution in [0.15, 0.2) is 24.3 Å². The molecule has 116 valence electrons. The molecule has 1 aliphatic rings. The number of sulfonamides is 1. The Morgan fingerprint density at radius 1 is 1.38 bits per heavy atom. The molecule has 0 aromatic heterocycles. The van der Waals surface area contributed by atoms with E-state index in [1.807, 2.05) is 0 Å². The van der Waals surface area contributed by atoms with Gasteiger partial charge in [-0.3, -0.25) is 4.31 Å². The smallest absolute Gasteiger partial charge is 0.407 e. The Labute approximate surface area is 122 Å². The van der Waals surface area contributed by atoms with Crippen molar-refractivity contribution in [2.75, 3.05) is 23.7 Å². The molecule has 21 heavy (non-hydrogen) atoms. The number of carbonyl (C=O) groups is 1. The minimum absolute atomic E-state index is 0.265. The van der Waals surface area contributed by atoms with E-state index in [1.165, 1.54) is 33.5 Å². The fraction of sp³-hybridized carbons (Fsp3) is 0.462. The molecule has 1 fully saturated rings. The Kier molecular flexibility index (Phi) is 4.36. The summed E-state index contributed by atoms with van der Waals surface area (Å²) >= 11 is 0. The molecule has 1 heterocycles. The molecule has 1 amide bonds. The fourth-order valence-corrected chi connectivity index (χ4v) is 3.83. The van der Waals surface area contributed by atoms with Crippen LogP contribution in [-0.2, 0) is 10.0 Å². The van der Waals surface area contributed by atoms with E-state index >= 15 is 0 Å². The molecular weight excluding hydrogens is 299 g/mol. The first kappa shape index (κ1) is 15.6. The highest BCUT2D eigenvalue weighted by molar-refractivity contribution is 7.92. The summed E-state index contributed by atoms with van der Waals surface area (Å²) in [5, 5.41) is 8.92. The normalized spacial score (nSPS) is 16.8. The number of hydrogen-bond acceptors (Lipinski definition) is 3. The second-order valence-corrected chi connectivity index (χ2v) is 6.90. The van der Waals surface area contributed by atoms with Gasteiger partial charge >= 0.3 is 6.09 Å². The second-order valence-electron chi connectivity index (χ2n) is 5.04. The van der Waals surface area contributed by atoms with Gasteiger partial charge in [0.25, 0.3) is 0 Å². The quantitative estimate of drug-likeness (QED) is 0.921. The van der Waals surface area contributed by atoms with Gasteiger partial charge in [-0.1, -0.05) is 6.07 Å². The number of anilines is 1. The lowest BCUT2D eigenvalue weighted by molar-refractivity contribution is 0.133. The summed E-state index contributed by atoms with van der Waals surface area (Å²) in [6.07, 6.45) is 0.831. The number of benzene rings is 1. The molecule has 0 atom stereocenters. The zero-order chi connectivity index (χ0) is 15.6. The van der Waals surface area contributed by atoms with E-state index in [0.717, 1.165) is 6.26 Å². The summed E-state index contributed by atoms with van der Waals surface area (Å²) in [6.45, 7) is 0.530. The molecule has 0 saturated carbocycles. The van der Waals surface area contributed by atoms with Gasteiger partial charge < -0.3 is 10.0 Å². The summed E-state index contributed by atoms with van der Waals surface area (Å²) in [4.78, 5) is 12.1. The number of nitrogens with zero attached hydrogens (tertiary/aromatic N) is 2. The van der Waals surface area contributed by atoms with Crippen molar-refractivity contribution < 1.29 is 22.7 Å². The Balaban J connectivity index is 2.25. The van der Waals surface area contributed by atoms with Gasteiger partial charge in [-0.15, -0.1) is 0 Å².